The zero-order chi connectivity index (χ0) is 37.5. The van der Waals surface area contributed by atoms with Crippen molar-refractivity contribution in [2.45, 2.75) is 99.6 Å². The summed E-state index contributed by atoms with van der Waals surface area (Å²) in [6.45, 7) is 0.389. The number of nitrogens with one attached hydrogen (secondary N) is 3. The zero-order valence-corrected chi connectivity index (χ0v) is 29.6. The molecule has 3 N–H and O–H groups in total. The molecule has 3 fully saturated rings. The number of hydrogen-bond donors (Lipinski definition) is 3. The summed E-state index contributed by atoms with van der Waals surface area (Å²) in [5.41, 5.74) is -1.89. The van der Waals surface area contributed by atoms with Crippen LogP contribution in [0.4, 0.5) is 8.78 Å². The van der Waals surface area contributed by atoms with Gasteiger partial charge in [-0.25, -0.2) is 18.4 Å². The van der Waals surface area contributed by atoms with Gasteiger partial charge in [0.25, 0.3) is 17.7 Å². The summed E-state index contributed by atoms with van der Waals surface area (Å²) in [6, 6.07) is 5.31. The Morgan fingerprint density at radius 1 is 1.08 bits per heavy atom. The molecule has 2 aliphatic carbocycles. The highest BCUT2D eigenvalue weighted by atomic mass is 32.2. The Balaban J connectivity index is 1.21. The van der Waals surface area contributed by atoms with Crippen LogP contribution in [0.3, 0.4) is 0 Å². The minimum Gasteiger partial charge on any atom is -0.471 e. The van der Waals surface area contributed by atoms with Crippen molar-refractivity contribution in [1.82, 2.24) is 35.4 Å². The third-order valence-electron chi connectivity index (χ3n) is 10.1. The molecule has 3 aromatic rings. The number of para-hydroxylation sites is 2. The first-order valence-corrected chi connectivity index (χ1v) is 19.2. The van der Waals surface area contributed by atoms with Crippen molar-refractivity contribution in [3.05, 3.63) is 60.1 Å². The van der Waals surface area contributed by atoms with Gasteiger partial charge in [-0.1, -0.05) is 42.3 Å². The van der Waals surface area contributed by atoms with Crippen LogP contribution in [0.15, 0.2) is 53.3 Å². The van der Waals surface area contributed by atoms with Gasteiger partial charge in [-0.05, 0) is 50.7 Å². The number of fused-ring (bicyclic) bond motifs is 3. The third kappa shape index (κ3) is 7.72. The predicted octanol–water partition coefficient (Wildman–Crippen LogP) is 2.88. The molecule has 4 amide bonds. The molecule has 0 bridgehead atoms. The molecule has 1 aromatic carbocycles. The molecule has 0 radical (unpaired) electrons. The quantitative estimate of drug-likeness (QED) is 0.286. The molecule has 0 spiro atoms. The summed E-state index contributed by atoms with van der Waals surface area (Å²) >= 11 is 0. The van der Waals surface area contributed by atoms with Gasteiger partial charge >= 0.3 is 0 Å². The number of amides is 4. The van der Waals surface area contributed by atoms with Gasteiger partial charge in [0.15, 0.2) is 11.4 Å². The second-order valence-electron chi connectivity index (χ2n) is 14.2. The number of ether oxygens (including phenoxy) is 1. The van der Waals surface area contributed by atoms with Crippen LogP contribution >= 0.6 is 0 Å². The predicted molar refractivity (Wildman–Crippen MR) is 183 cm³/mol. The van der Waals surface area contributed by atoms with E-state index in [2.05, 4.69) is 30.5 Å². The molecule has 2 aliphatic heterocycles. The Bertz CT molecular complexity index is 2050. The van der Waals surface area contributed by atoms with Crippen LogP contribution in [0.1, 0.15) is 80.9 Å². The van der Waals surface area contributed by atoms with E-state index in [1.807, 2.05) is 6.08 Å². The molecule has 2 saturated carbocycles. The fourth-order valence-corrected chi connectivity index (χ4v) is 8.28. The number of allylic oxidation sites excluding steroid dienone is 1. The fraction of sp³-hybridized carbons (Fsp3) is 0.514. The summed E-state index contributed by atoms with van der Waals surface area (Å²) in [6.07, 6.45) is 7.38. The first kappa shape index (κ1) is 36.4. The van der Waals surface area contributed by atoms with E-state index >= 15 is 0 Å². The van der Waals surface area contributed by atoms with E-state index < -0.39 is 86.0 Å². The van der Waals surface area contributed by atoms with Gasteiger partial charge in [-0.15, -0.1) is 0 Å². The number of hydrogen-bond acceptors (Lipinski definition) is 11. The number of rotatable bonds is 8. The maximum Gasteiger partial charge on any atom is 0.292 e. The van der Waals surface area contributed by atoms with Crippen LogP contribution in [0.2, 0.25) is 0 Å². The van der Waals surface area contributed by atoms with Gasteiger partial charge < -0.3 is 24.8 Å². The number of halogens is 2. The minimum atomic E-state index is -3.96. The van der Waals surface area contributed by atoms with Crippen LogP contribution in [0.25, 0.3) is 11.0 Å². The summed E-state index contributed by atoms with van der Waals surface area (Å²) < 4.78 is 68.3. The van der Waals surface area contributed by atoms with E-state index in [1.165, 1.54) is 23.3 Å². The molecule has 282 valence electrons. The van der Waals surface area contributed by atoms with E-state index in [0.717, 1.165) is 6.42 Å². The number of sulfonamides is 1. The van der Waals surface area contributed by atoms with E-state index in [9.17, 15) is 36.4 Å². The zero-order valence-electron chi connectivity index (χ0n) is 28.8. The number of carbonyl (C=O) groups is 4. The van der Waals surface area contributed by atoms with Gasteiger partial charge in [0.05, 0.1) is 22.8 Å². The average Bonchev–Trinajstić information content (AvgIpc) is 3.97. The second-order valence-corrected chi connectivity index (χ2v) is 16.1. The molecule has 4 heterocycles. The molecular formula is C35H39F2N7O8S. The number of benzene rings is 1. The summed E-state index contributed by atoms with van der Waals surface area (Å²) in [5, 5.41) is 8.42. The standard InChI is InChI=1S/C35H39F2N7O8S/c1-34(36,37)28-31(40-24-11-8-7-10-23(24)38-28)52-21-17-27-30(46)41-35(33(48)43-53(49,50)22-13-14-22)18-20(35)9-5-3-2-4-6-12-26(32(47)44(27)19-21)39-29(45)25-15-16-51-42-25/h5,7-11,15-16,20-22,26-27H,2-4,6,12-14,17-19H2,1H3,(H,39,45)(H,41,46)(H,43,48). The molecule has 53 heavy (non-hydrogen) atoms. The van der Waals surface area contributed by atoms with Crippen LogP contribution in [-0.4, -0.2) is 87.6 Å². The highest BCUT2D eigenvalue weighted by Crippen LogP contribution is 2.46. The van der Waals surface area contributed by atoms with Gasteiger partial charge in [0.1, 0.15) is 30.0 Å². The average molecular weight is 756 g/mol. The van der Waals surface area contributed by atoms with Crippen LogP contribution in [-0.2, 0) is 30.3 Å². The molecule has 7 rings (SSSR count). The van der Waals surface area contributed by atoms with E-state index in [-0.39, 0.29) is 42.5 Å². The van der Waals surface area contributed by atoms with Gasteiger partial charge in [0.2, 0.25) is 27.7 Å². The third-order valence-corrected chi connectivity index (χ3v) is 11.9. The number of aromatic nitrogens is 3. The van der Waals surface area contributed by atoms with E-state index in [0.29, 0.717) is 39.0 Å². The molecular weight excluding hydrogens is 716 g/mol. The molecule has 1 saturated heterocycles. The molecule has 4 aliphatic rings. The molecule has 5 unspecified atom stereocenters. The molecule has 5 atom stereocenters. The topological polar surface area (TPSA) is 203 Å². The Morgan fingerprint density at radius 2 is 1.83 bits per heavy atom. The van der Waals surface area contributed by atoms with Crippen molar-refractivity contribution in [1.29, 1.82) is 0 Å². The lowest BCUT2D eigenvalue weighted by molar-refractivity contribution is -0.141. The maximum atomic E-state index is 14.9. The number of nitrogens with zero attached hydrogens (tertiary/aromatic N) is 4. The highest BCUT2D eigenvalue weighted by Gasteiger charge is 2.62. The van der Waals surface area contributed by atoms with Crippen LogP contribution in [0.5, 0.6) is 5.88 Å². The SMILES string of the molecule is CC(F)(F)c1nc2ccccc2nc1OC1CC2C(=O)NC3(C(=O)NS(=O)(=O)C4CC4)CC3C=CCCCCCC(NC(=O)c3ccon3)C(=O)N2C1. The van der Waals surface area contributed by atoms with Gasteiger partial charge in [-0.3, -0.25) is 23.9 Å². The molecule has 2 aromatic heterocycles. The molecule has 15 nitrogen and oxygen atoms in total. The van der Waals surface area contributed by atoms with Gasteiger partial charge in [-0.2, -0.15) is 8.78 Å². The van der Waals surface area contributed by atoms with Crippen molar-refractivity contribution in [2.24, 2.45) is 5.92 Å². The Labute approximate surface area is 303 Å². The van der Waals surface area contributed by atoms with E-state index in [1.54, 1.807) is 24.3 Å². The van der Waals surface area contributed by atoms with Crippen molar-refractivity contribution in [3.63, 3.8) is 0 Å². The first-order chi connectivity index (χ1) is 25.2. The summed E-state index contributed by atoms with van der Waals surface area (Å²) in [7, 11) is -3.96. The Morgan fingerprint density at radius 3 is 2.53 bits per heavy atom. The maximum absolute atomic E-state index is 14.9. The lowest BCUT2D eigenvalue weighted by Crippen LogP contribution is -2.58. The van der Waals surface area contributed by atoms with Crippen LogP contribution in [0, 0.1) is 5.92 Å². The highest BCUT2D eigenvalue weighted by molar-refractivity contribution is 7.91. The first-order valence-electron chi connectivity index (χ1n) is 17.6. The lowest BCUT2D eigenvalue weighted by atomic mass is 10.0. The van der Waals surface area contributed by atoms with E-state index in [4.69, 9.17) is 9.26 Å². The number of carbonyl (C=O) groups excluding carboxylic acids is 4. The summed E-state index contributed by atoms with van der Waals surface area (Å²) in [5.74, 6) is -7.43. The molecule has 18 heteroatoms. The van der Waals surface area contributed by atoms with Crippen molar-refractivity contribution < 1.29 is 45.6 Å². The fourth-order valence-electron chi connectivity index (χ4n) is 6.92. The lowest BCUT2D eigenvalue weighted by Gasteiger charge is -2.29. The summed E-state index contributed by atoms with van der Waals surface area (Å²) in [4.78, 5) is 65.0. The Hall–Kier alpha value is -5.00. The smallest absolute Gasteiger partial charge is 0.292 e. The van der Waals surface area contributed by atoms with Gasteiger partial charge in [0, 0.05) is 25.3 Å². The largest absolute Gasteiger partial charge is 0.471 e. The van der Waals surface area contributed by atoms with Crippen LogP contribution < -0.4 is 20.1 Å². The normalized spacial score (nSPS) is 26.8. The minimum absolute atomic E-state index is 0.0625. The number of alkyl halides is 2. The monoisotopic (exact) mass is 755 g/mol. The second kappa shape index (κ2) is 14.1. The van der Waals surface area contributed by atoms with Crippen molar-refractivity contribution >= 4 is 44.7 Å². The van der Waals surface area contributed by atoms with Crippen molar-refractivity contribution in [2.75, 3.05) is 6.54 Å². The Kier molecular flexibility index (Phi) is 9.67. The van der Waals surface area contributed by atoms with Crippen molar-refractivity contribution in [3.8, 4) is 5.88 Å².